The molecule has 0 aliphatic heterocycles. The van der Waals surface area contributed by atoms with E-state index in [1.165, 1.54) is 57.8 Å². The fraction of sp³-hybridized carbons (Fsp3) is 1.00. The van der Waals surface area contributed by atoms with Gasteiger partial charge in [0.2, 0.25) is 0 Å². The van der Waals surface area contributed by atoms with Gasteiger partial charge in [-0.1, -0.05) is 79.1 Å². The lowest BCUT2D eigenvalue weighted by molar-refractivity contribution is -0.270. The van der Waals surface area contributed by atoms with Gasteiger partial charge in [0.05, 0.1) is 13.2 Å². The van der Waals surface area contributed by atoms with Crippen LogP contribution in [0.3, 0.4) is 0 Å². The molecule has 0 aromatic carbocycles. The minimum absolute atomic E-state index is 0.392. The van der Waals surface area contributed by atoms with Gasteiger partial charge in [0.1, 0.15) is 0 Å². The normalized spacial score (nSPS) is 13.3. The summed E-state index contributed by atoms with van der Waals surface area (Å²) >= 11 is 4.43. The molecular formula is C22H46O2S. The summed E-state index contributed by atoms with van der Waals surface area (Å²) in [6.07, 6.45) is 15.9. The third-order valence-electron chi connectivity index (χ3n) is 5.11. The highest BCUT2D eigenvalue weighted by Crippen LogP contribution is 2.34. The van der Waals surface area contributed by atoms with Crippen LogP contribution in [-0.4, -0.2) is 24.8 Å². The van der Waals surface area contributed by atoms with Gasteiger partial charge >= 0.3 is 0 Å². The van der Waals surface area contributed by atoms with E-state index in [2.05, 4.69) is 40.3 Å². The van der Waals surface area contributed by atoms with Crippen LogP contribution in [0.25, 0.3) is 0 Å². The van der Waals surface area contributed by atoms with Crippen molar-refractivity contribution in [2.24, 2.45) is 5.92 Å². The molecule has 0 aliphatic carbocycles. The minimum Gasteiger partial charge on any atom is -0.350 e. The lowest BCUT2D eigenvalue weighted by Gasteiger charge is -2.39. The Bertz CT molecular complexity index is 261. The summed E-state index contributed by atoms with van der Waals surface area (Å²) in [7, 11) is 0. The summed E-state index contributed by atoms with van der Waals surface area (Å²) in [5.74, 6) is 0.961. The number of hydrogen-bond donors (Lipinski definition) is 1. The first-order chi connectivity index (χ1) is 12.2. The van der Waals surface area contributed by atoms with Gasteiger partial charge < -0.3 is 9.47 Å². The van der Waals surface area contributed by atoms with Crippen LogP contribution in [0.1, 0.15) is 111 Å². The minimum atomic E-state index is -0.392. The molecule has 3 heteroatoms. The van der Waals surface area contributed by atoms with Crippen LogP contribution in [0.2, 0.25) is 0 Å². The van der Waals surface area contributed by atoms with E-state index in [-0.39, 0.29) is 0 Å². The van der Waals surface area contributed by atoms with E-state index in [4.69, 9.17) is 9.47 Å². The van der Waals surface area contributed by atoms with Crippen LogP contribution < -0.4 is 0 Å². The number of ether oxygens (including phenoxy) is 2. The van der Waals surface area contributed by atoms with Crippen LogP contribution in [0, 0.1) is 5.92 Å². The Balaban J connectivity index is 4.64. The molecule has 0 spiro atoms. The summed E-state index contributed by atoms with van der Waals surface area (Å²) < 4.78 is 12.8. The second-order valence-corrected chi connectivity index (χ2v) is 7.95. The van der Waals surface area contributed by atoms with E-state index in [9.17, 15) is 0 Å². The number of thiol groups is 1. The third-order valence-corrected chi connectivity index (χ3v) is 5.43. The molecular weight excluding hydrogens is 328 g/mol. The summed E-state index contributed by atoms with van der Waals surface area (Å²) in [5, 5.41) is 0. The maximum absolute atomic E-state index is 6.42. The van der Waals surface area contributed by atoms with Gasteiger partial charge in [0.25, 0.3) is 0 Å². The van der Waals surface area contributed by atoms with E-state index in [0.717, 1.165) is 44.6 Å². The van der Waals surface area contributed by atoms with E-state index < -0.39 is 5.79 Å². The van der Waals surface area contributed by atoms with Crippen molar-refractivity contribution in [1.82, 2.24) is 0 Å². The Morgan fingerprint density at radius 1 is 0.720 bits per heavy atom. The average Bonchev–Trinajstić information content (AvgIpc) is 2.62. The Labute approximate surface area is 164 Å². The fourth-order valence-electron chi connectivity index (χ4n) is 3.27. The van der Waals surface area contributed by atoms with Crippen molar-refractivity contribution >= 4 is 12.6 Å². The highest BCUT2D eigenvalue weighted by atomic mass is 32.1. The van der Waals surface area contributed by atoms with Crippen molar-refractivity contribution in [2.45, 2.75) is 117 Å². The van der Waals surface area contributed by atoms with Gasteiger partial charge in [-0.3, -0.25) is 0 Å². The topological polar surface area (TPSA) is 18.5 Å². The quantitative estimate of drug-likeness (QED) is 0.144. The molecule has 0 amide bonds. The molecule has 2 nitrogen and oxygen atoms in total. The first kappa shape index (κ1) is 25.3. The molecule has 0 fully saturated rings. The molecule has 0 N–H and O–H groups in total. The van der Waals surface area contributed by atoms with Crippen LogP contribution >= 0.6 is 12.6 Å². The molecule has 0 aromatic rings. The van der Waals surface area contributed by atoms with Crippen molar-refractivity contribution in [1.29, 1.82) is 0 Å². The molecule has 1 unspecified atom stereocenters. The van der Waals surface area contributed by atoms with Crippen molar-refractivity contribution in [3.63, 3.8) is 0 Å². The Hall–Kier alpha value is 0.270. The van der Waals surface area contributed by atoms with Crippen LogP contribution in [0.15, 0.2) is 0 Å². The molecule has 0 radical (unpaired) electrons. The molecule has 152 valence electrons. The predicted molar refractivity (Wildman–Crippen MR) is 115 cm³/mol. The zero-order valence-electron chi connectivity index (χ0n) is 17.7. The Kier molecular flexibility index (Phi) is 17.9. The van der Waals surface area contributed by atoms with Gasteiger partial charge in [-0.05, 0) is 31.4 Å². The van der Waals surface area contributed by atoms with E-state index in [1.54, 1.807) is 0 Å². The third kappa shape index (κ3) is 12.3. The summed E-state index contributed by atoms with van der Waals surface area (Å²) in [5.41, 5.74) is 0. The van der Waals surface area contributed by atoms with Crippen molar-refractivity contribution in [2.75, 3.05) is 19.0 Å². The van der Waals surface area contributed by atoms with Crippen molar-refractivity contribution in [3.05, 3.63) is 0 Å². The molecule has 0 aromatic heterocycles. The van der Waals surface area contributed by atoms with Crippen LogP contribution in [0.4, 0.5) is 0 Å². The highest BCUT2D eigenvalue weighted by Gasteiger charge is 2.37. The van der Waals surface area contributed by atoms with Crippen molar-refractivity contribution in [3.8, 4) is 0 Å². The monoisotopic (exact) mass is 374 g/mol. The predicted octanol–water partition coefficient (Wildman–Crippen LogP) is 7.41. The van der Waals surface area contributed by atoms with E-state index in [0.29, 0.717) is 5.92 Å². The fourth-order valence-corrected chi connectivity index (χ4v) is 3.43. The maximum Gasteiger partial charge on any atom is 0.170 e. The summed E-state index contributed by atoms with van der Waals surface area (Å²) in [6, 6.07) is 0. The number of hydrogen-bond acceptors (Lipinski definition) is 3. The average molecular weight is 375 g/mol. The standard InChI is InChI=1S/C22H46O2S/c1-5-8-11-12-13-14-16-21(4)22(17-15-20-25,23-18-9-6-2)24-19-10-7-3/h21,25H,5-20H2,1-4H3. The molecule has 0 rings (SSSR count). The molecule has 0 bridgehead atoms. The molecule has 0 aliphatic rings. The smallest absolute Gasteiger partial charge is 0.170 e. The molecule has 0 saturated heterocycles. The zero-order chi connectivity index (χ0) is 18.8. The first-order valence-electron chi connectivity index (χ1n) is 11.1. The number of unbranched alkanes of at least 4 members (excludes halogenated alkanes) is 7. The zero-order valence-corrected chi connectivity index (χ0v) is 18.5. The van der Waals surface area contributed by atoms with Gasteiger partial charge in [-0.15, -0.1) is 0 Å². The van der Waals surface area contributed by atoms with Gasteiger partial charge in [0, 0.05) is 12.3 Å². The first-order valence-corrected chi connectivity index (χ1v) is 11.7. The number of rotatable bonds is 19. The van der Waals surface area contributed by atoms with Gasteiger partial charge in [0.15, 0.2) is 5.79 Å². The van der Waals surface area contributed by atoms with Crippen LogP contribution in [-0.2, 0) is 9.47 Å². The molecule has 0 saturated carbocycles. The summed E-state index contributed by atoms with van der Waals surface area (Å²) in [6.45, 7) is 10.7. The molecule has 1 atom stereocenters. The van der Waals surface area contributed by atoms with E-state index >= 15 is 0 Å². The van der Waals surface area contributed by atoms with Gasteiger partial charge in [-0.25, -0.2) is 0 Å². The lowest BCUT2D eigenvalue weighted by Crippen LogP contribution is -2.43. The van der Waals surface area contributed by atoms with Gasteiger partial charge in [-0.2, -0.15) is 12.6 Å². The van der Waals surface area contributed by atoms with Crippen molar-refractivity contribution < 1.29 is 9.47 Å². The summed E-state index contributed by atoms with van der Waals surface area (Å²) in [4.78, 5) is 0. The molecule has 0 heterocycles. The second kappa shape index (κ2) is 17.7. The largest absolute Gasteiger partial charge is 0.350 e. The Morgan fingerprint density at radius 2 is 1.24 bits per heavy atom. The second-order valence-electron chi connectivity index (χ2n) is 7.50. The highest BCUT2D eigenvalue weighted by molar-refractivity contribution is 7.80. The Morgan fingerprint density at radius 3 is 1.76 bits per heavy atom. The van der Waals surface area contributed by atoms with E-state index in [1.807, 2.05) is 0 Å². The SMILES string of the molecule is CCCCCCCCC(C)C(CCCS)(OCCCC)OCCCC. The van der Waals surface area contributed by atoms with Crippen LogP contribution in [0.5, 0.6) is 0 Å². The lowest BCUT2D eigenvalue weighted by atomic mass is 9.90. The maximum atomic E-state index is 6.42. The molecule has 25 heavy (non-hydrogen) atoms.